The molecule has 2 unspecified atom stereocenters. The van der Waals surface area contributed by atoms with Gasteiger partial charge in [-0.2, -0.15) is 0 Å². The van der Waals surface area contributed by atoms with Crippen LogP contribution in [0, 0.1) is 17.1 Å². The number of benzene rings is 1. The van der Waals surface area contributed by atoms with Crippen molar-refractivity contribution < 1.29 is 19.0 Å². The summed E-state index contributed by atoms with van der Waals surface area (Å²) in [6.45, 7) is 4.04. The number of rotatable bonds is 6. The number of pyridine rings is 1. The number of H-pyrrole nitrogens is 1. The molecule has 3 saturated heterocycles. The number of hydrogen-bond donors (Lipinski definition) is 3. The lowest BCUT2D eigenvalue weighted by Gasteiger charge is -2.36. The summed E-state index contributed by atoms with van der Waals surface area (Å²) in [5, 5.41) is 18.4. The van der Waals surface area contributed by atoms with E-state index in [1.807, 2.05) is 29.2 Å². The number of morpholine rings is 1. The molecular formula is C31H36FN7O3. The number of nitrogens with zero attached hydrogens (tertiary/aromatic N) is 5. The van der Waals surface area contributed by atoms with Crippen LogP contribution in [0.1, 0.15) is 36.7 Å². The molecule has 5 heterocycles. The number of likely N-dealkylation sites (tertiary alicyclic amines) is 1. The molecule has 0 saturated carbocycles. The number of amidine groups is 1. The van der Waals surface area contributed by atoms with E-state index in [-0.39, 0.29) is 23.7 Å². The predicted molar refractivity (Wildman–Crippen MR) is 157 cm³/mol. The van der Waals surface area contributed by atoms with Crippen LogP contribution in [0.2, 0.25) is 0 Å². The van der Waals surface area contributed by atoms with Crippen molar-refractivity contribution in [3.8, 4) is 11.4 Å². The van der Waals surface area contributed by atoms with Crippen LogP contribution in [0.25, 0.3) is 17.5 Å². The Morgan fingerprint density at radius 2 is 1.95 bits per heavy atom. The molecule has 0 bridgehead atoms. The van der Waals surface area contributed by atoms with Gasteiger partial charge in [0.2, 0.25) is 5.91 Å². The summed E-state index contributed by atoms with van der Waals surface area (Å²) in [5.74, 6) is 1.62. The standard InChI is InChI=1S/C31H36FN7O3/c32-23-4-1-3-22(17-23)27-20-42-16-15-39(27)28(33)7-8-29-34-18-26(35-29)25-5-2-6-30(36-25)37-12-9-21(10-13-37)31(41)38-14-11-24(40)19-38/h1-8,17-18,21,24,27,33,40H,9-16,19-20H2,(H,34,35)/b8-7-,33-28?. The second kappa shape index (κ2) is 12.4. The summed E-state index contributed by atoms with van der Waals surface area (Å²) in [5.41, 5.74) is 2.31. The first-order valence-corrected chi connectivity index (χ1v) is 14.6. The van der Waals surface area contributed by atoms with E-state index in [2.05, 4.69) is 14.9 Å². The second-order valence-corrected chi connectivity index (χ2v) is 11.1. The number of nitrogens with one attached hydrogen (secondary N) is 2. The summed E-state index contributed by atoms with van der Waals surface area (Å²) in [6.07, 6.45) is 7.00. The van der Waals surface area contributed by atoms with E-state index in [0.29, 0.717) is 50.9 Å². The van der Waals surface area contributed by atoms with Gasteiger partial charge >= 0.3 is 0 Å². The minimum atomic E-state index is -0.393. The Morgan fingerprint density at radius 1 is 1.12 bits per heavy atom. The fourth-order valence-corrected chi connectivity index (χ4v) is 5.99. The first kappa shape index (κ1) is 28.0. The molecule has 1 amide bonds. The number of halogens is 1. The van der Waals surface area contributed by atoms with E-state index in [0.717, 1.165) is 48.7 Å². The number of aromatic amines is 1. The number of ether oxygens (including phenoxy) is 1. The van der Waals surface area contributed by atoms with Gasteiger partial charge < -0.3 is 29.5 Å². The molecule has 3 aliphatic rings. The zero-order chi connectivity index (χ0) is 29.1. The zero-order valence-electron chi connectivity index (χ0n) is 23.5. The molecular weight excluding hydrogens is 537 g/mol. The highest BCUT2D eigenvalue weighted by atomic mass is 19.1. The fraction of sp³-hybridized carbons (Fsp3) is 0.419. The van der Waals surface area contributed by atoms with Gasteiger partial charge in [0, 0.05) is 38.6 Å². The summed E-state index contributed by atoms with van der Waals surface area (Å²) in [7, 11) is 0. The first-order valence-electron chi connectivity index (χ1n) is 14.6. The number of carbonyl (C=O) groups excluding carboxylic acids is 1. The van der Waals surface area contributed by atoms with Crippen molar-refractivity contribution >= 4 is 23.6 Å². The monoisotopic (exact) mass is 573 g/mol. The lowest BCUT2D eigenvalue weighted by atomic mass is 9.95. The molecule has 42 heavy (non-hydrogen) atoms. The van der Waals surface area contributed by atoms with Gasteiger partial charge in [0.15, 0.2) is 0 Å². The molecule has 3 aliphatic heterocycles. The number of anilines is 1. The number of hydrogen-bond acceptors (Lipinski definition) is 7. The minimum absolute atomic E-state index is 0.00276. The highest BCUT2D eigenvalue weighted by Gasteiger charge is 2.32. The summed E-state index contributed by atoms with van der Waals surface area (Å²) in [4.78, 5) is 31.4. The molecule has 11 heteroatoms. The number of imidazole rings is 1. The molecule has 3 N–H and O–H groups in total. The molecule has 6 rings (SSSR count). The third-order valence-electron chi connectivity index (χ3n) is 8.32. The van der Waals surface area contributed by atoms with Crippen molar-refractivity contribution in [1.29, 1.82) is 5.41 Å². The Hall–Kier alpha value is -4.09. The number of carbonyl (C=O) groups is 1. The minimum Gasteiger partial charge on any atom is -0.391 e. The Labute approximate surface area is 244 Å². The average molecular weight is 574 g/mol. The Kier molecular flexibility index (Phi) is 8.29. The van der Waals surface area contributed by atoms with Crippen molar-refractivity contribution in [1.82, 2.24) is 24.8 Å². The highest BCUT2D eigenvalue weighted by molar-refractivity contribution is 5.94. The van der Waals surface area contributed by atoms with Crippen molar-refractivity contribution in [3.63, 3.8) is 0 Å². The Bertz CT molecular complexity index is 1450. The third kappa shape index (κ3) is 6.22. The molecule has 10 nitrogen and oxygen atoms in total. The van der Waals surface area contributed by atoms with Gasteiger partial charge in [-0.15, -0.1) is 0 Å². The van der Waals surface area contributed by atoms with Gasteiger partial charge in [0.05, 0.1) is 42.9 Å². The summed E-state index contributed by atoms with van der Waals surface area (Å²) in [6, 6.07) is 12.1. The molecule has 2 atom stereocenters. The van der Waals surface area contributed by atoms with Crippen LogP contribution in [0.5, 0.6) is 0 Å². The van der Waals surface area contributed by atoms with Crippen LogP contribution < -0.4 is 4.90 Å². The second-order valence-electron chi connectivity index (χ2n) is 11.1. The lowest BCUT2D eigenvalue weighted by Crippen LogP contribution is -2.42. The van der Waals surface area contributed by atoms with Crippen molar-refractivity contribution in [3.05, 3.63) is 71.9 Å². The van der Waals surface area contributed by atoms with Crippen molar-refractivity contribution in [2.45, 2.75) is 31.4 Å². The van der Waals surface area contributed by atoms with Gasteiger partial charge in [-0.05, 0) is 61.2 Å². The van der Waals surface area contributed by atoms with Crippen LogP contribution in [0.15, 0.2) is 54.7 Å². The van der Waals surface area contributed by atoms with Gasteiger partial charge in [-0.1, -0.05) is 18.2 Å². The number of amides is 1. The number of aromatic nitrogens is 3. The van der Waals surface area contributed by atoms with Crippen molar-refractivity contribution in [2.75, 3.05) is 50.8 Å². The van der Waals surface area contributed by atoms with Crippen LogP contribution in [-0.2, 0) is 9.53 Å². The molecule has 220 valence electrons. The van der Waals surface area contributed by atoms with Gasteiger partial charge in [0.25, 0.3) is 0 Å². The number of β-amino-alcohol motifs (C(OH)–C–C–N with tert-alkyl or cyclic N) is 1. The zero-order valence-corrected chi connectivity index (χ0v) is 23.5. The molecule has 0 spiro atoms. The lowest BCUT2D eigenvalue weighted by molar-refractivity contribution is -0.135. The van der Waals surface area contributed by atoms with E-state index in [1.54, 1.807) is 29.3 Å². The topological polar surface area (TPSA) is 122 Å². The number of aliphatic hydroxyl groups is 1. The smallest absolute Gasteiger partial charge is 0.225 e. The van der Waals surface area contributed by atoms with Crippen molar-refractivity contribution in [2.24, 2.45) is 5.92 Å². The van der Waals surface area contributed by atoms with Gasteiger partial charge in [-0.3, -0.25) is 10.2 Å². The number of piperidine rings is 1. The highest BCUT2D eigenvalue weighted by Crippen LogP contribution is 2.28. The summed E-state index contributed by atoms with van der Waals surface area (Å²) >= 11 is 0. The predicted octanol–water partition coefficient (Wildman–Crippen LogP) is 3.48. The first-order chi connectivity index (χ1) is 20.4. The van der Waals surface area contributed by atoms with Crippen LogP contribution in [0.4, 0.5) is 10.2 Å². The summed E-state index contributed by atoms with van der Waals surface area (Å²) < 4.78 is 19.5. The van der Waals surface area contributed by atoms with E-state index >= 15 is 0 Å². The maximum Gasteiger partial charge on any atom is 0.225 e. The molecule has 3 aromatic rings. The average Bonchev–Trinajstić information content (AvgIpc) is 3.69. The quantitative estimate of drug-likeness (QED) is 0.305. The van der Waals surface area contributed by atoms with Gasteiger partial charge in [-0.25, -0.2) is 14.4 Å². The van der Waals surface area contributed by atoms with Gasteiger partial charge in [0.1, 0.15) is 23.3 Å². The SMILES string of the molecule is N=C(/C=C\c1ncc(-c2cccc(N3CCC(C(=O)N4CCC(O)C4)CC3)n2)[nH]1)N1CCOCC1c1cccc(F)c1. The Balaban J connectivity index is 1.08. The van der Waals surface area contributed by atoms with Crippen LogP contribution in [0.3, 0.4) is 0 Å². The maximum atomic E-state index is 13.8. The van der Waals surface area contributed by atoms with E-state index in [4.69, 9.17) is 15.1 Å². The normalized spacial score (nSPS) is 21.8. The van der Waals surface area contributed by atoms with Crippen LogP contribution >= 0.6 is 0 Å². The molecule has 3 fully saturated rings. The maximum absolute atomic E-state index is 13.8. The largest absolute Gasteiger partial charge is 0.391 e. The third-order valence-corrected chi connectivity index (χ3v) is 8.32. The van der Waals surface area contributed by atoms with E-state index < -0.39 is 6.10 Å². The van der Waals surface area contributed by atoms with E-state index in [9.17, 15) is 14.3 Å². The molecule has 0 aliphatic carbocycles. The number of aliphatic hydroxyl groups excluding tert-OH is 1. The van der Waals surface area contributed by atoms with Crippen LogP contribution in [-0.4, -0.2) is 93.6 Å². The fourth-order valence-electron chi connectivity index (χ4n) is 5.99. The molecule has 1 aromatic carbocycles. The molecule has 2 aromatic heterocycles. The molecule has 0 radical (unpaired) electrons. The Morgan fingerprint density at radius 3 is 2.74 bits per heavy atom. The van der Waals surface area contributed by atoms with E-state index in [1.165, 1.54) is 12.1 Å².